The van der Waals surface area contributed by atoms with Gasteiger partial charge in [0.05, 0.1) is 18.1 Å². The molecule has 0 bridgehead atoms. The van der Waals surface area contributed by atoms with Gasteiger partial charge in [-0.1, -0.05) is 18.2 Å². The number of H-pyrrole nitrogens is 1. The molecule has 0 aliphatic carbocycles. The Labute approximate surface area is 98.3 Å². The van der Waals surface area contributed by atoms with Gasteiger partial charge in [0.2, 0.25) is 0 Å². The molecule has 83 valence electrons. The molecule has 3 aromatic rings. The molecule has 2 aromatic heterocycles. The van der Waals surface area contributed by atoms with Crippen molar-refractivity contribution >= 4 is 10.8 Å². The number of aromatic amines is 1. The second-order valence-corrected chi connectivity index (χ2v) is 3.61. The van der Waals surface area contributed by atoms with E-state index in [0.29, 0.717) is 12.5 Å². The molecule has 2 heterocycles. The molecule has 4 nitrogen and oxygen atoms in total. The average molecular weight is 224 g/mol. The maximum absolute atomic E-state index is 5.66. The van der Waals surface area contributed by atoms with E-state index in [9.17, 15) is 0 Å². The molecule has 4 heteroatoms. The van der Waals surface area contributed by atoms with E-state index in [2.05, 4.69) is 21.1 Å². The van der Waals surface area contributed by atoms with Gasteiger partial charge in [0.1, 0.15) is 6.61 Å². The van der Waals surface area contributed by atoms with E-state index in [0.717, 1.165) is 16.5 Å². The Kier molecular flexibility index (Phi) is 2.46. The maximum atomic E-state index is 5.66. The largest absolute Gasteiger partial charge is 0.472 e. The van der Waals surface area contributed by atoms with Crippen LogP contribution in [0, 0.1) is 6.20 Å². The normalized spacial score (nSPS) is 10.6. The molecule has 0 spiro atoms. The fraction of sp³-hybridized carbons (Fsp3) is 0.0769. The summed E-state index contributed by atoms with van der Waals surface area (Å²) < 4.78 is 5.66. The number of hydrogen-bond donors (Lipinski definition) is 1. The van der Waals surface area contributed by atoms with Gasteiger partial charge in [-0.05, 0) is 6.07 Å². The van der Waals surface area contributed by atoms with E-state index >= 15 is 0 Å². The average Bonchev–Trinajstić information content (AvgIpc) is 2.81. The number of benzene rings is 1. The molecule has 0 fully saturated rings. The van der Waals surface area contributed by atoms with Gasteiger partial charge in [-0.15, -0.1) is 0 Å². The first-order valence-electron chi connectivity index (χ1n) is 5.29. The van der Waals surface area contributed by atoms with Crippen molar-refractivity contribution in [2.24, 2.45) is 0 Å². The Hall–Kier alpha value is -2.36. The number of nitrogens with zero attached hydrogens (tertiary/aromatic N) is 2. The maximum Gasteiger partial charge on any atom is 0.199 e. The van der Waals surface area contributed by atoms with Crippen LogP contribution in [-0.4, -0.2) is 15.0 Å². The van der Waals surface area contributed by atoms with E-state index in [1.165, 1.54) is 0 Å². The second-order valence-electron chi connectivity index (χ2n) is 3.61. The Morgan fingerprint density at radius 2 is 2.18 bits per heavy atom. The SMILES string of the molecule is [c]1[nH]c(OCc2cnccn2)c2ccccc12. The van der Waals surface area contributed by atoms with Gasteiger partial charge in [-0.3, -0.25) is 9.97 Å². The predicted octanol–water partition coefficient (Wildman–Crippen LogP) is 2.34. The molecule has 1 N–H and O–H groups in total. The summed E-state index contributed by atoms with van der Waals surface area (Å²) in [4.78, 5) is 11.1. The smallest absolute Gasteiger partial charge is 0.199 e. The molecular formula is C13H10N3O. The van der Waals surface area contributed by atoms with Crippen molar-refractivity contribution in [1.29, 1.82) is 0 Å². The van der Waals surface area contributed by atoms with Gasteiger partial charge in [-0.25, -0.2) is 0 Å². The number of hydrogen-bond acceptors (Lipinski definition) is 3. The van der Waals surface area contributed by atoms with Crippen LogP contribution < -0.4 is 4.74 Å². The number of aromatic nitrogens is 3. The van der Waals surface area contributed by atoms with Gasteiger partial charge in [0.25, 0.3) is 0 Å². The third-order valence-electron chi connectivity index (χ3n) is 2.46. The zero-order valence-corrected chi connectivity index (χ0v) is 9.05. The van der Waals surface area contributed by atoms with Crippen LogP contribution in [0.1, 0.15) is 5.69 Å². The molecule has 1 radical (unpaired) electrons. The van der Waals surface area contributed by atoms with Gasteiger partial charge in [-0.2, -0.15) is 0 Å². The highest BCUT2D eigenvalue weighted by atomic mass is 16.5. The van der Waals surface area contributed by atoms with Crippen molar-refractivity contribution in [2.45, 2.75) is 6.61 Å². The highest BCUT2D eigenvalue weighted by Crippen LogP contribution is 2.24. The summed E-state index contributed by atoms with van der Waals surface area (Å²) in [5.41, 5.74) is 0.797. The minimum atomic E-state index is 0.395. The second kappa shape index (κ2) is 4.25. The van der Waals surface area contributed by atoms with Crippen molar-refractivity contribution in [1.82, 2.24) is 15.0 Å². The van der Waals surface area contributed by atoms with Crippen LogP contribution >= 0.6 is 0 Å². The van der Waals surface area contributed by atoms with E-state index in [1.54, 1.807) is 18.6 Å². The van der Waals surface area contributed by atoms with E-state index in [4.69, 9.17) is 4.74 Å². The number of fused-ring (bicyclic) bond motifs is 1. The fourth-order valence-corrected chi connectivity index (χ4v) is 1.65. The predicted molar refractivity (Wildman–Crippen MR) is 63.5 cm³/mol. The number of ether oxygens (including phenoxy) is 1. The standard InChI is InChI=1S/C13H10N3O/c1-2-4-12-10(3-1)7-16-13(12)17-9-11-8-14-5-6-15-11/h1-6,8,16H,9H2. The lowest BCUT2D eigenvalue weighted by Gasteiger charge is -2.03. The van der Waals surface area contributed by atoms with Crippen LogP contribution in [0.25, 0.3) is 10.8 Å². The first kappa shape index (κ1) is 9.84. The van der Waals surface area contributed by atoms with Crippen LogP contribution in [-0.2, 0) is 6.61 Å². The summed E-state index contributed by atoms with van der Waals surface area (Å²) in [6, 6.07) is 7.92. The number of nitrogens with one attached hydrogen (secondary N) is 1. The molecule has 0 atom stereocenters. The monoisotopic (exact) mass is 224 g/mol. The lowest BCUT2D eigenvalue weighted by molar-refractivity contribution is 0.294. The Morgan fingerprint density at radius 1 is 1.24 bits per heavy atom. The van der Waals surface area contributed by atoms with Gasteiger partial charge in [0.15, 0.2) is 5.88 Å². The van der Waals surface area contributed by atoms with Gasteiger partial charge >= 0.3 is 0 Å². The van der Waals surface area contributed by atoms with E-state index in [1.807, 2.05) is 24.3 Å². The van der Waals surface area contributed by atoms with Crippen molar-refractivity contribution in [2.75, 3.05) is 0 Å². The van der Waals surface area contributed by atoms with Crippen LogP contribution in [0.5, 0.6) is 5.88 Å². The van der Waals surface area contributed by atoms with Crippen LogP contribution in [0.15, 0.2) is 42.9 Å². The number of rotatable bonds is 3. The first-order valence-corrected chi connectivity index (χ1v) is 5.29. The lowest BCUT2D eigenvalue weighted by atomic mass is 10.2. The molecule has 0 saturated carbocycles. The third-order valence-corrected chi connectivity index (χ3v) is 2.46. The molecule has 17 heavy (non-hydrogen) atoms. The molecular weight excluding hydrogens is 214 g/mol. The third kappa shape index (κ3) is 1.97. The zero-order valence-electron chi connectivity index (χ0n) is 9.05. The molecule has 0 aliphatic heterocycles. The van der Waals surface area contributed by atoms with Crippen molar-refractivity contribution in [3.8, 4) is 5.88 Å². The molecule has 0 unspecified atom stereocenters. The topological polar surface area (TPSA) is 50.8 Å². The first-order chi connectivity index (χ1) is 8.43. The van der Waals surface area contributed by atoms with Crippen LogP contribution in [0.2, 0.25) is 0 Å². The fourth-order valence-electron chi connectivity index (χ4n) is 1.65. The molecule has 1 aromatic carbocycles. The Bertz CT molecular complexity index is 619. The van der Waals surface area contributed by atoms with Crippen molar-refractivity contribution < 1.29 is 4.74 Å². The summed E-state index contributed by atoms with van der Waals surface area (Å²) in [6.07, 6.45) is 8.02. The van der Waals surface area contributed by atoms with Crippen molar-refractivity contribution in [3.05, 3.63) is 54.7 Å². The van der Waals surface area contributed by atoms with E-state index in [-0.39, 0.29) is 0 Å². The minimum absolute atomic E-state index is 0.395. The summed E-state index contributed by atoms with van der Waals surface area (Å²) in [6.45, 7) is 0.395. The summed E-state index contributed by atoms with van der Waals surface area (Å²) in [7, 11) is 0. The zero-order chi connectivity index (χ0) is 11.5. The summed E-state index contributed by atoms with van der Waals surface area (Å²) in [5.74, 6) is 0.714. The molecule has 0 aliphatic rings. The van der Waals surface area contributed by atoms with E-state index < -0.39 is 0 Å². The Morgan fingerprint density at radius 3 is 3.06 bits per heavy atom. The minimum Gasteiger partial charge on any atom is -0.472 e. The lowest BCUT2D eigenvalue weighted by Crippen LogP contribution is -1.98. The summed E-state index contributed by atoms with van der Waals surface area (Å²) in [5, 5.41) is 2.04. The summed E-state index contributed by atoms with van der Waals surface area (Å²) >= 11 is 0. The van der Waals surface area contributed by atoms with Crippen molar-refractivity contribution in [3.63, 3.8) is 0 Å². The van der Waals surface area contributed by atoms with Crippen LogP contribution in [0.3, 0.4) is 0 Å². The molecule has 0 amide bonds. The Balaban J connectivity index is 1.82. The molecule has 3 rings (SSSR count). The molecule has 0 saturated heterocycles. The van der Waals surface area contributed by atoms with Gasteiger partial charge in [0, 0.05) is 23.2 Å². The quantitative estimate of drug-likeness (QED) is 0.742. The van der Waals surface area contributed by atoms with Gasteiger partial charge < -0.3 is 9.72 Å². The highest BCUT2D eigenvalue weighted by Gasteiger charge is 2.04. The highest BCUT2D eigenvalue weighted by molar-refractivity contribution is 5.86. The van der Waals surface area contributed by atoms with Crippen LogP contribution in [0.4, 0.5) is 0 Å².